The standard InChI is InChI=1S/C20H39NO3/c1-6-7-8-9-10-11-12-13-14-15-18(22)21(5)16-17-24-19(23)20(2,3)4/h6-17H2,1-5H3. The van der Waals surface area contributed by atoms with Crippen LogP contribution >= 0.6 is 0 Å². The molecule has 142 valence electrons. The minimum Gasteiger partial charge on any atom is -0.463 e. The van der Waals surface area contributed by atoms with Crippen LogP contribution < -0.4 is 0 Å². The summed E-state index contributed by atoms with van der Waals surface area (Å²) in [4.78, 5) is 25.3. The van der Waals surface area contributed by atoms with Crippen molar-refractivity contribution < 1.29 is 14.3 Å². The molecular weight excluding hydrogens is 302 g/mol. The highest BCUT2D eigenvalue weighted by Crippen LogP contribution is 2.15. The third kappa shape index (κ3) is 12.4. The molecule has 1 amide bonds. The fourth-order valence-corrected chi connectivity index (χ4v) is 2.39. The Balaban J connectivity index is 3.58. The van der Waals surface area contributed by atoms with Crippen LogP contribution in [0.15, 0.2) is 0 Å². The van der Waals surface area contributed by atoms with Gasteiger partial charge < -0.3 is 9.64 Å². The maximum atomic E-state index is 12.0. The number of carbonyl (C=O) groups excluding carboxylic acids is 2. The lowest BCUT2D eigenvalue weighted by Gasteiger charge is -2.20. The smallest absolute Gasteiger partial charge is 0.311 e. The summed E-state index contributed by atoms with van der Waals surface area (Å²) >= 11 is 0. The number of amides is 1. The molecule has 0 N–H and O–H groups in total. The Labute approximate surface area is 149 Å². The Morgan fingerprint density at radius 1 is 0.875 bits per heavy atom. The molecule has 0 aliphatic rings. The van der Waals surface area contributed by atoms with Crippen LogP contribution in [0.25, 0.3) is 0 Å². The van der Waals surface area contributed by atoms with Crippen molar-refractivity contribution in [3.05, 3.63) is 0 Å². The molecular formula is C20H39NO3. The molecule has 0 fully saturated rings. The Bertz CT molecular complexity index is 347. The van der Waals surface area contributed by atoms with Crippen LogP contribution in [0.3, 0.4) is 0 Å². The van der Waals surface area contributed by atoms with Gasteiger partial charge in [-0.05, 0) is 27.2 Å². The normalized spacial score (nSPS) is 11.4. The fourth-order valence-electron chi connectivity index (χ4n) is 2.39. The van der Waals surface area contributed by atoms with Gasteiger partial charge in [0.2, 0.25) is 5.91 Å². The van der Waals surface area contributed by atoms with Crippen LogP contribution in [-0.4, -0.2) is 37.0 Å². The Hall–Kier alpha value is -1.06. The van der Waals surface area contributed by atoms with Gasteiger partial charge in [0.05, 0.1) is 12.0 Å². The second-order valence-electron chi connectivity index (χ2n) is 7.78. The Kier molecular flexibility index (Phi) is 12.7. The molecule has 0 radical (unpaired) electrons. The molecule has 0 atom stereocenters. The first kappa shape index (κ1) is 22.9. The van der Waals surface area contributed by atoms with Gasteiger partial charge in [-0.15, -0.1) is 0 Å². The minimum absolute atomic E-state index is 0.143. The van der Waals surface area contributed by atoms with E-state index < -0.39 is 5.41 Å². The molecule has 0 aromatic rings. The van der Waals surface area contributed by atoms with E-state index in [1.54, 1.807) is 11.9 Å². The van der Waals surface area contributed by atoms with Gasteiger partial charge in [-0.25, -0.2) is 0 Å². The van der Waals surface area contributed by atoms with Crippen molar-refractivity contribution in [3.8, 4) is 0 Å². The summed E-state index contributed by atoms with van der Waals surface area (Å²) in [6.45, 7) is 8.47. The molecule has 0 saturated heterocycles. The summed E-state index contributed by atoms with van der Waals surface area (Å²) in [5.74, 6) is -0.0768. The predicted molar refractivity (Wildman–Crippen MR) is 99.9 cm³/mol. The van der Waals surface area contributed by atoms with Crippen LogP contribution in [0.5, 0.6) is 0 Å². The quantitative estimate of drug-likeness (QED) is 0.351. The first-order chi connectivity index (χ1) is 11.3. The summed E-state index contributed by atoms with van der Waals surface area (Å²) in [6, 6.07) is 0. The number of hydrogen-bond acceptors (Lipinski definition) is 3. The number of nitrogens with zero attached hydrogens (tertiary/aromatic N) is 1. The number of ether oxygens (including phenoxy) is 1. The molecule has 0 saturated carbocycles. The first-order valence-electron chi connectivity index (χ1n) is 9.70. The molecule has 0 spiro atoms. The van der Waals surface area contributed by atoms with Crippen molar-refractivity contribution in [2.75, 3.05) is 20.2 Å². The zero-order chi connectivity index (χ0) is 18.4. The van der Waals surface area contributed by atoms with Gasteiger partial charge in [0.15, 0.2) is 0 Å². The van der Waals surface area contributed by atoms with Gasteiger partial charge in [0, 0.05) is 13.5 Å². The van der Waals surface area contributed by atoms with E-state index in [-0.39, 0.29) is 18.5 Å². The maximum Gasteiger partial charge on any atom is 0.311 e. The molecule has 0 aliphatic heterocycles. The summed E-state index contributed by atoms with van der Waals surface area (Å²) in [5.41, 5.74) is -0.487. The number of esters is 1. The first-order valence-corrected chi connectivity index (χ1v) is 9.70. The lowest BCUT2D eigenvalue weighted by molar-refractivity contribution is -0.154. The number of rotatable bonds is 13. The lowest BCUT2D eigenvalue weighted by atomic mass is 9.97. The Morgan fingerprint density at radius 3 is 1.88 bits per heavy atom. The van der Waals surface area contributed by atoms with Gasteiger partial charge in [-0.2, -0.15) is 0 Å². The summed E-state index contributed by atoms with van der Waals surface area (Å²) in [6.07, 6.45) is 11.9. The molecule has 0 aliphatic carbocycles. The van der Waals surface area contributed by atoms with E-state index in [2.05, 4.69) is 6.92 Å². The maximum absolute atomic E-state index is 12.0. The average molecular weight is 342 g/mol. The number of hydrogen-bond donors (Lipinski definition) is 0. The van der Waals surface area contributed by atoms with Crippen LogP contribution in [0.2, 0.25) is 0 Å². The van der Waals surface area contributed by atoms with Crippen LogP contribution in [0.1, 0.15) is 91.9 Å². The zero-order valence-corrected chi connectivity index (χ0v) is 16.7. The van der Waals surface area contributed by atoms with E-state index in [1.165, 1.54) is 44.9 Å². The molecule has 0 heterocycles. The van der Waals surface area contributed by atoms with Gasteiger partial charge in [-0.1, -0.05) is 58.3 Å². The third-order valence-electron chi connectivity index (χ3n) is 4.19. The topological polar surface area (TPSA) is 46.6 Å². The van der Waals surface area contributed by atoms with E-state index >= 15 is 0 Å². The Morgan fingerprint density at radius 2 is 1.38 bits per heavy atom. The number of unbranched alkanes of at least 4 members (excludes halogenated alkanes) is 8. The lowest BCUT2D eigenvalue weighted by Crippen LogP contribution is -2.32. The molecule has 0 unspecified atom stereocenters. The zero-order valence-electron chi connectivity index (χ0n) is 16.7. The highest BCUT2D eigenvalue weighted by molar-refractivity contribution is 5.76. The third-order valence-corrected chi connectivity index (χ3v) is 4.19. The van der Waals surface area contributed by atoms with Gasteiger partial charge in [-0.3, -0.25) is 9.59 Å². The van der Waals surface area contributed by atoms with E-state index in [4.69, 9.17) is 4.74 Å². The van der Waals surface area contributed by atoms with Gasteiger partial charge in [0.25, 0.3) is 0 Å². The largest absolute Gasteiger partial charge is 0.463 e. The average Bonchev–Trinajstić information content (AvgIpc) is 2.51. The summed E-state index contributed by atoms with van der Waals surface area (Å²) in [7, 11) is 1.78. The molecule has 0 aromatic carbocycles. The number of likely N-dealkylation sites (N-methyl/N-ethyl adjacent to an activating group) is 1. The fraction of sp³-hybridized carbons (Fsp3) is 0.900. The second-order valence-corrected chi connectivity index (χ2v) is 7.78. The van der Waals surface area contributed by atoms with E-state index in [0.717, 1.165) is 12.8 Å². The van der Waals surface area contributed by atoms with Crippen molar-refractivity contribution in [3.63, 3.8) is 0 Å². The number of carbonyl (C=O) groups is 2. The second kappa shape index (κ2) is 13.3. The van der Waals surface area contributed by atoms with Crippen molar-refractivity contribution in [2.45, 2.75) is 91.9 Å². The molecule has 4 nitrogen and oxygen atoms in total. The monoisotopic (exact) mass is 341 g/mol. The van der Waals surface area contributed by atoms with Gasteiger partial charge in [0.1, 0.15) is 6.61 Å². The van der Waals surface area contributed by atoms with E-state index in [0.29, 0.717) is 13.0 Å². The molecule has 0 rings (SSSR count). The highest BCUT2D eigenvalue weighted by Gasteiger charge is 2.23. The predicted octanol–water partition coefficient (Wildman–Crippen LogP) is 4.96. The molecule has 0 bridgehead atoms. The minimum atomic E-state index is -0.487. The SMILES string of the molecule is CCCCCCCCCCCC(=O)N(C)CCOC(=O)C(C)(C)C. The van der Waals surface area contributed by atoms with Crippen molar-refractivity contribution in [1.29, 1.82) is 0 Å². The molecule has 4 heteroatoms. The summed E-state index contributed by atoms with van der Waals surface area (Å²) in [5, 5.41) is 0. The van der Waals surface area contributed by atoms with E-state index in [9.17, 15) is 9.59 Å². The van der Waals surface area contributed by atoms with Crippen molar-refractivity contribution >= 4 is 11.9 Å². The highest BCUT2D eigenvalue weighted by atomic mass is 16.5. The van der Waals surface area contributed by atoms with Crippen molar-refractivity contribution in [2.24, 2.45) is 5.41 Å². The van der Waals surface area contributed by atoms with Crippen LogP contribution in [0.4, 0.5) is 0 Å². The molecule has 0 aromatic heterocycles. The summed E-state index contributed by atoms with van der Waals surface area (Å²) < 4.78 is 5.19. The van der Waals surface area contributed by atoms with Crippen LogP contribution in [0, 0.1) is 5.41 Å². The van der Waals surface area contributed by atoms with Crippen molar-refractivity contribution in [1.82, 2.24) is 4.90 Å². The van der Waals surface area contributed by atoms with Gasteiger partial charge >= 0.3 is 5.97 Å². The van der Waals surface area contributed by atoms with E-state index in [1.807, 2.05) is 20.8 Å². The molecule has 24 heavy (non-hydrogen) atoms. The van der Waals surface area contributed by atoms with Crippen LogP contribution in [-0.2, 0) is 14.3 Å².